The molecule has 1 aliphatic rings. The molecule has 1 unspecified atom stereocenters. The Labute approximate surface area is 209 Å². The molecule has 1 fully saturated rings. The topological polar surface area (TPSA) is 118 Å². The highest BCUT2D eigenvalue weighted by molar-refractivity contribution is 7.99. The minimum absolute atomic E-state index is 0.0194. The van der Waals surface area contributed by atoms with Crippen LogP contribution in [0.5, 0.6) is 0 Å². The summed E-state index contributed by atoms with van der Waals surface area (Å²) in [6.07, 6.45) is -0.469. The molecule has 0 radical (unpaired) electrons. The smallest absolute Gasteiger partial charge is 0.410 e. The highest BCUT2D eigenvalue weighted by Crippen LogP contribution is 2.33. The summed E-state index contributed by atoms with van der Waals surface area (Å²) in [5.41, 5.74) is 0.441. The third-order valence-electron chi connectivity index (χ3n) is 4.92. The van der Waals surface area contributed by atoms with Crippen molar-refractivity contribution in [2.24, 2.45) is 0 Å². The number of ether oxygens (including phenoxy) is 1. The van der Waals surface area contributed by atoms with Crippen LogP contribution in [-0.2, 0) is 14.9 Å². The first-order chi connectivity index (χ1) is 15.8. The molecule has 10 nitrogen and oxygen atoms in total. The van der Waals surface area contributed by atoms with Crippen LogP contribution in [0.25, 0.3) is 0 Å². The van der Waals surface area contributed by atoms with E-state index in [9.17, 15) is 13.2 Å². The van der Waals surface area contributed by atoms with Crippen LogP contribution in [0.15, 0.2) is 35.5 Å². The first kappa shape index (κ1) is 26.5. The van der Waals surface area contributed by atoms with Gasteiger partial charge in [-0.05, 0) is 51.8 Å². The lowest BCUT2D eigenvalue weighted by Gasteiger charge is -2.39. The van der Waals surface area contributed by atoms with Gasteiger partial charge in [-0.15, -0.1) is 0 Å². The molecule has 1 aromatic heterocycles. The summed E-state index contributed by atoms with van der Waals surface area (Å²) in [5.74, 6) is -0.162. The summed E-state index contributed by atoms with van der Waals surface area (Å²) in [5, 5.41) is 0.210. The lowest BCUT2D eigenvalue weighted by molar-refractivity contribution is 0.00863. The van der Waals surface area contributed by atoms with Gasteiger partial charge < -0.3 is 9.64 Å². The molecule has 34 heavy (non-hydrogen) atoms. The van der Waals surface area contributed by atoms with Gasteiger partial charge in [-0.25, -0.2) is 9.52 Å². The summed E-state index contributed by atoms with van der Waals surface area (Å²) < 4.78 is 35.1. The molecular formula is C21H29ClN6O4S2. The molecule has 0 bridgehead atoms. The lowest BCUT2D eigenvalue weighted by Crippen LogP contribution is -2.57. The van der Waals surface area contributed by atoms with E-state index in [0.717, 1.165) is 5.56 Å². The quantitative estimate of drug-likeness (QED) is 0.559. The molecule has 2 aromatic rings. The fraction of sp³-hybridized carbons (Fsp3) is 0.524. The third kappa shape index (κ3) is 7.17. The van der Waals surface area contributed by atoms with Gasteiger partial charge in [0.15, 0.2) is 5.16 Å². The molecule has 3 rings (SSSR count). The maximum Gasteiger partial charge on any atom is 0.410 e. The van der Waals surface area contributed by atoms with Crippen molar-refractivity contribution in [1.82, 2.24) is 24.2 Å². The average Bonchev–Trinajstić information content (AvgIpc) is 2.72. The molecule has 13 heteroatoms. The molecule has 1 aliphatic heterocycles. The van der Waals surface area contributed by atoms with Crippen molar-refractivity contribution in [3.8, 4) is 0 Å². The Morgan fingerprint density at radius 2 is 1.88 bits per heavy atom. The molecule has 186 valence electrons. The Morgan fingerprint density at radius 3 is 2.50 bits per heavy atom. The maximum atomic E-state index is 13.0. The van der Waals surface area contributed by atoms with Crippen LogP contribution in [0.1, 0.15) is 45.4 Å². The first-order valence-corrected chi connectivity index (χ1v) is 13.4. The van der Waals surface area contributed by atoms with Crippen LogP contribution >= 0.6 is 23.4 Å². The molecule has 2 heterocycles. The second-order valence-corrected chi connectivity index (χ2v) is 12.2. The second kappa shape index (κ2) is 10.6. The minimum atomic E-state index is -3.98. The highest BCUT2D eigenvalue weighted by atomic mass is 35.5. The standard InChI is InChI=1S/C21H29ClN6O4S2/c1-14-13-27(11-12-28(14)20(29)32-21(3,4)5)34(30,31)26-18-23-17(22)24-19(25-18)33-15(2)16-9-7-6-8-10-16/h6-10,14-15H,11-13H2,1-5H3,(H,23,24,25,26)/t14-,15?/m0/s1. The van der Waals surface area contributed by atoms with Crippen molar-refractivity contribution in [3.05, 3.63) is 41.2 Å². The number of nitrogens with one attached hydrogen (secondary N) is 1. The molecule has 0 spiro atoms. The minimum Gasteiger partial charge on any atom is -0.444 e. The predicted molar refractivity (Wildman–Crippen MR) is 132 cm³/mol. The number of nitrogens with zero attached hydrogens (tertiary/aromatic N) is 5. The van der Waals surface area contributed by atoms with Gasteiger partial charge in [0, 0.05) is 30.9 Å². The van der Waals surface area contributed by atoms with E-state index in [2.05, 4.69) is 19.7 Å². The first-order valence-electron chi connectivity index (χ1n) is 10.7. The zero-order valence-corrected chi connectivity index (χ0v) is 22.1. The molecule has 1 aromatic carbocycles. The van der Waals surface area contributed by atoms with E-state index >= 15 is 0 Å². The number of aromatic nitrogens is 3. The summed E-state index contributed by atoms with van der Waals surface area (Å²) in [7, 11) is -3.98. The van der Waals surface area contributed by atoms with Crippen molar-refractivity contribution >= 4 is 45.6 Å². The van der Waals surface area contributed by atoms with Gasteiger partial charge in [-0.2, -0.15) is 27.7 Å². The SMILES string of the molecule is CC(Sc1nc(Cl)nc(NS(=O)(=O)N2CCN(C(=O)OC(C)(C)C)[C@@H](C)C2)n1)c1ccccc1. The van der Waals surface area contributed by atoms with Crippen molar-refractivity contribution in [1.29, 1.82) is 0 Å². The summed E-state index contributed by atoms with van der Waals surface area (Å²) in [4.78, 5) is 26.2. The summed E-state index contributed by atoms with van der Waals surface area (Å²) in [6.45, 7) is 9.51. The van der Waals surface area contributed by atoms with Gasteiger partial charge in [0.1, 0.15) is 5.60 Å². The van der Waals surface area contributed by atoms with Gasteiger partial charge in [-0.3, -0.25) is 0 Å². The molecule has 1 saturated heterocycles. The fourth-order valence-electron chi connectivity index (χ4n) is 3.29. The molecule has 0 aliphatic carbocycles. The summed E-state index contributed by atoms with van der Waals surface area (Å²) >= 11 is 7.38. The van der Waals surface area contributed by atoms with Crippen LogP contribution in [0.2, 0.25) is 5.28 Å². The maximum absolute atomic E-state index is 13.0. The molecule has 0 saturated carbocycles. The van der Waals surface area contributed by atoms with Gasteiger partial charge >= 0.3 is 16.3 Å². The molecule has 1 N–H and O–H groups in total. The number of thioether (sulfide) groups is 1. The lowest BCUT2D eigenvalue weighted by atomic mass is 10.2. The monoisotopic (exact) mass is 528 g/mol. The normalized spacial score (nSPS) is 18.4. The number of carbonyl (C=O) groups is 1. The van der Waals surface area contributed by atoms with Gasteiger partial charge in [0.25, 0.3) is 0 Å². The van der Waals surface area contributed by atoms with Crippen molar-refractivity contribution in [2.45, 2.75) is 56.7 Å². The van der Waals surface area contributed by atoms with E-state index in [1.165, 1.54) is 21.0 Å². The van der Waals surface area contributed by atoms with E-state index in [4.69, 9.17) is 16.3 Å². The number of rotatable bonds is 6. The summed E-state index contributed by atoms with van der Waals surface area (Å²) in [6, 6.07) is 9.41. The van der Waals surface area contributed by atoms with Gasteiger partial charge in [0.05, 0.1) is 0 Å². The van der Waals surface area contributed by atoms with E-state index in [0.29, 0.717) is 5.16 Å². The Morgan fingerprint density at radius 1 is 1.21 bits per heavy atom. The largest absolute Gasteiger partial charge is 0.444 e. The van der Waals surface area contributed by atoms with E-state index in [-0.39, 0.29) is 42.2 Å². The number of hydrogen-bond donors (Lipinski definition) is 1. The van der Waals surface area contributed by atoms with Crippen LogP contribution in [0.4, 0.5) is 10.7 Å². The van der Waals surface area contributed by atoms with E-state index in [1.807, 2.05) is 37.3 Å². The Hall–Kier alpha value is -2.15. The predicted octanol–water partition coefficient (Wildman–Crippen LogP) is 3.98. The number of hydrogen-bond acceptors (Lipinski definition) is 8. The zero-order valence-electron chi connectivity index (χ0n) is 19.7. The van der Waals surface area contributed by atoms with E-state index in [1.54, 1.807) is 27.7 Å². The van der Waals surface area contributed by atoms with Crippen LogP contribution in [0.3, 0.4) is 0 Å². The average molecular weight is 529 g/mol. The van der Waals surface area contributed by atoms with Crippen molar-refractivity contribution in [3.63, 3.8) is 0 Å². The number of halogens is 1. The van der Waals surface area contributed by atoms with Crippen LogP contribution in [-0.4, -0.2) is 69.9 Å². The molecule has 1 amide bonds. The number of amides is 1. The number of anilines is 1. The van der Waals surface area contributed by atoms with E-state index < -0.39 is 21.9 Å². The Kier molecular flexibility index (Phi) is 8.27. The Bertz CT molecular complexity index is 1110. The highest BCUT2D eigenvalue weighted by Gasteiger charge is 2.35. The fourth-order valence-corrected chi connectivity index (χ4v) is 5.58. The zero-order chi connectivity index (χ0) is 25.1. The second-order valence-electron chi connectivity index (χ2n) is 8.87. The van der Waals surface area contributed by atoms with Crippen LogP contribution in [0, 0.1) is 0 Å². The van der Waals surface area contributed by atoms with Crippen molar-refractivity contribution in [2.75, 3.05) is 24.4 Å². The third-order valence-corrected chi connectivity index (χ3v) is 7.56. The molecule has 2 atom stereocenters. The van der Waals surface area contributed by atoms with Crippen molar-refractivity contribution < 1.29 is 17.9 Å². The molecular weight excluding hydrogens is 500 g/mol. The number of carbonyl (C=O) groups excluding carboxylic acids is 1. The Balaban J connectivity index is 1.67. The number of benzene rings is 1. The van der Waals surface area contributed by atoms with Gasteiger partial charge in [0.2, 0.25) is 11.2 Å². The van der Waals surface area contributed by atoms with Crippen LogP contribution < -0.4 is 4.72 Å². The number of piperazine rings is 1. The van der Waals surface area contributed by atoms with Gasteiger partial charge in [-0.1, -0.05) is 42.1 Å².